The van der Waals surface area contributed by atoms with Crippen LogP contribution < -0.4 is 10.3 Å². The molecule has 1 fully saturated rings. The van der Waals surface area contributed by atoms with E-state index < -0.39 is 5.97 Å². The summed E-state index contributed by atoms with van der Waals surface area (Å²) in [5, 5.41) is 8.29. The molecule has 0 aromatic heterocycles. The highest BCUT2D eigenvalue weighted by Crippen LogP contribution is 2.23. The molecular formula is C20H25N3O4. The molecule has 3 rings (SSSR count). The van der Waals surface area contributed by atoms with Crippen LogP contribution in [0.4, 0.5) is 5.69 Å². The molecule has 0 unspecified atom stereocenters. The summed E-state index contributed by atoms with van der Waals surface area (Å²) in [5.41, 5.74) is 0.744. The first kappa shape index (κ1) is 19.1. The van der Waals surface area contributed by atoms with E-state index >= 15 is 0 Å². The topological polar surface area (TPSA) is 88.1 Å². The summed E-state index contributed by atoms with van der Waals surface area (Å²) >= 11 is 0. The van der Waals surface area contributed by atoms with Crippen molar-refractivity contribution in [3.63, 3.8) is 0 Å². The van der Waals surface area contributed by atoms with Crippen molar-refractivity contribution in [2.75, 3.05) is 11.6 Å². The first-order chi connectivity index (χ1) is 13.0. The highest BCUT2D eigenvalue weighted by atomic mass is 16.5. The lowest BCUT2D eigenvalue weighted by Gasteiger charge is -2.29. The van der Waals surface area contributed by atoms with Gasteiger partial charge in [-0.25, -0.2) is 9.80 Å². The molecule has 1 aliphatic carbocycles. The second-order valence-corrected chi connectivity index (χ2v) is 7.10. The van der Waals surface area contributed by atoms with Crippen LogP contribution in [-0.4, -0.2) is 36.1 Å². The molecule has 27 heavy (non-hydrogen) atoms. The summed E-state index contributed by atoms with van der Waals surface area (Å²) < 4.78 is 5.12. The van der Waals surface area contributed by atoms with Crippen molar-refractivity contribution >= 4 is 29.2 Å². The molecule has 0 bridgehead atoms. The molecule has 1 aliphatic heterocycles. The second-order valence-electron chi connectivity index (χ2n) is 7.10. The predicted molar refractivity (Wildman–Crippen MR) is 101 cm³/mol. The minimum Gasteiger partial charge on any atom is -0.451 e. The van der Waals surface area contributed by atoms with E-state index in [4.69, 9.17) is 4.74 Å². The van der Waals surface area contributed by atoms with E-state index in [1.807, 2.05) is 6.07 Å². The van der Waals surface area contributed by atoms with Crippen molar-refractivity contribution in [1.82, 2.24) is 5.32 Å². The molecule has 0 spiro atoms. The third-order valence-corrected chi connectivity index (χ3v) is 5.06. The van der Waals surface area contributed by atoms with Gasteiger partial charge < -0.3 is 10.1 Å². The fourth-order valence-electron chi connectivity index (χ4n) is 3.47. The molecule has 0 radical (unpaired) electrons. The standard InChI is InChI=1S/C20H25N3O4/c1-14-7-5-6-10-16(14)21-18(24)13-27-20(26)17-11-12-19(25)23(22-17)15-8-3-2-4-9-15/h2-4,8-9,14,16H,5-7,10-13H2,1H3,(H,21,24)/t14-,16+/m0/s1. The smallest absolute Gasteiger partial charge is 0.355 e. The molecule has 2 aliphatic rings. The number of esters is 1. The Morgan fingerprint density at radius 1 is 1.19 bits per heavy atom. The molecule has 2 amide bonds. The van der Waals surface area contributed by atoms with Gasteiger partial charge in [-0.05, 0) is 30.9 Å². The van der Waals surface area contributed by atoms with Gasteiger partial charge in [-0.2, -0.15) is 5.10 Å². The zero-order valence-corrected chi connectivity index (χ0v) is 15.5. The molecule has 1 aromatic carbocycles. The summed E-state index contributed by atoms with van der Waals surface area (Å²) in [7, 11) is 0. The summed E-state index contributed by atoms with van der Waals surface area (Å²) in [6, 6.07) is 9.05. The number of benzene rings is 1. The number of hydrazone groups is 1. The van der Waals surface area contributed by atoms with Crippen LogP contribution >= 0.6 is 0 Å². The summed E-state index contributed by atoms with van der Waals surface area (Å²) in [6.07, 6.45) is 4.75. The van der Waals surface area contributed by atoms with Crippen molar-refractivity contribution in [3.05, 3.63) is 30.3 Å². The molecule has 144 valence electrons. The zero-order valence-electron chi connectivity index (χ0n) is 15.5. The van der Waals surface area contributed by atoms with Crippen molar-refractivity contribution in [2.45, 2.75) is 51.5 Å². The zero-order chi connectivity index (χ0) is 19.2. The van der Waals surface area contributed by atoms with Gasteiger partial charge in [-0.15, -0.1) is 0 Å². The maximum Gasteiger partial charge on any atom is 0.355 e. The van der Waals surface area contributed by atoms with Crippen molar-refractivity contribution in [2.24, 2.45) is 11.0 Å². The number of nitrogens with zero attached hydrogens (tertiary/aromatic N) is 2. The van der Waals surface area contributed by atoms with E-state index in [1.165, 1.54) is 11.4 Å². The Kier molecular flexibility index (Phi) is 6.21. The fourth-order valence-corrected chi connectivity index (χ4v) is 3.47. The largest absolute Gasteiger partial charge is 0.451 e. The molecule has 0 saturated heterocycles. The number of nitrogens with one attached hydrogen (secondary N) is 1. The van der Waals surface area contributed by atoms with Gasteiger partial charge in [0.25, 0.3) is 5.91 Å². The Labute approximate surface area is 158 Å². The van der Waals surface area contributed by atoms with Crippen LogP contribution in [0, 0.1) is 5.92 Å². The number of carbonyl (C=O) groups excluding carboxylic acids is 3. The number of hydrogen-bond acceptors (Lipinski definition) is 5. The van der Waals surface area contributed by atoms with Gasteiger partial charge in [0.15, 0.2) is 6.61 Å². The number of para-hydroxylation sites is 1. The quantitative estimate of drug-likeness (QED) is 0.805. The average molecular weight is 371 g/mol. The third-order valence-electron chi connectivity index (χ3n) is 5.06. The van der Waals surface area contributed by atoms with Crippen LogP contribution in [0.1, 0.15) is 45.4 Å². The van der Waals surface area contributed by atoms with Gasteiger partial charge in [0.05, 0.1) is 5.69 Å². The van der Waals surface area contributed by atoms with E-state index in [2.05, 4.69) is 17.3 Å². The van der Waals surface area contributed by atoms with Crippen molar-refractivity contribution in [1.29, 1.82) is 0 Å². The van der Waals surface area contributed by atoms with Crippen LogP contribution in [0.15, 0.2) is 35.4 Å². The summed E-state index contributed by atoms with van der Waals surface area (Å²) in [6.45, 7) is 1.79. The van der Waals surface area contributed by atoms with Crippen LogP contribution in [0.25, 0.3) is 0 Å². The van der Waals surface area contributed by atoms with Crippen molar-refractivity contribution < 1.29 is 19.1 Å². The molecular weight excluding hydrogens is 346 g/mol. The van der Waals surface area contributed by atoms with Gasteiger partial charge >= 0.3 is 5.97 Å². The summed E-state index contributed by atoms with van der Waals surface area (Å²) in [4.78, 5) is 36.4. The number of anilines is 1. The Hall–Kier alpha value is -2.70. The Morgan fingerprint density at radius 2 is 1.93 bits per heavy atom. The van der Waals surface area contributed by atoms with E-state index in [0.29, 0.717) is 11.6 Å². The fraction of sp³-hybridized carbons (Fsp3) is 0.500. The van der Waals surface area contributed by atoms with E-state index in [9.17, 15) is 14.4 Å². The number of carbonyl (C=O) groups is 3. The first-order valence-corrected chi connectivity index (χ1v) is 9.46. The normalized spacial score (nSPS) is 22.8. The maximum absolute atomic E-state index is 12.3. The van der Waals surface area contributed by atoms with Gasteiger partial charge in [0, 0.05) is 18.9 Å². The molecule has 2 atom stereocenters. The first-order valence-electron chi connectivity index (χ1n) is 9.46. The number of ether oxygens (including phenoxy) is 1. The lowest BCUT2D eigenvalue weighted by Crippen LogP contribution is -2.43. The Balaban J connectivity index is 1.55. The Morgan fingerprint density at radius 3 is 2.67 bits per heavy atom. The monoisotopic (exact) mass is 371 g/mol. The minimum atomic E-state index is -0.657. The highest BCUT2D eigenvalue weighted by molar-refractivity contribution is 6.38. The second kappa shape index (κ2) is 8.79. The van der Waals surface area contributed by atoms with Crippen molar-refractivity contribution in [3.8, 4) is 0 Å². The highest BCUT2D eigenvalue weighted by Gasteiger charge is 2.27. The number of hydrogen-bond donors (Lipinski definition) is 1. The van der Waals surface area contributed by atoms with Crippen LogP contribution in [0.5, 0.6) is 0 Å². The average Bonchev–Trinajstić information content (AvgIpc) is 2.69. The van der Waals surface area contributed by atoms with Gasteiger partial charge in [-0.3, -0.25) is 9.59 Å². The third kappa shape index (κ3) is 4.93. The van der Waals surface area contributed by atoms with E-state index in [0.717, 1.165) is 19.3 Å². The van der Waals surface area contributed by atoms with Gasteiger partial charge in [-0.1, -0.05) is 38.0 Å². The number of rotatable bonds is 5. The van der Waals surface area contributed by atoms with Gasteiger partial charge in [0.2, 0.25) is 5.91 Å². The summed E-state index contributed by atoms with van der Waals surface area (Å²) in [5.74, 6) is -0.696. The molecule has 1 heterocycles. The van der Waals surface area contributed by atoms with Gasteiger partial charge in [0.1, 0.15) is 5.71 Å². The van der Waals surface area contributed by atoms with Crippen LogP contribution in [-0.2, 0) is 19.1 Å². The SMILES string of the molecule is C[C@H]1CCCC[C@H]1NC(=O)COC(=O)C1=NN(c2ccccc2)C(=O)CC1. The molecule has 7 nitrogen and oxygen atoms in total. The molecule has 7 heteroatoms. The lowest BCUT2D eigenvalue weighted by atomic mass is 9.86. The molecule has 1 N–H and O–H groups in total. The van der Waals surface area contributed by atoms with E-state index in [-0.39, 0.29) is 43.0 Å². The molecule has 1 aromatic rings. The lowest BCUT2D eigenvalue weighted by molar-refractivity contribution is -0.142. The minimum absolute atomic E-state index is 0.142. The Bertz CT molecular complexity index is 732. The maximum atomic E-state index is 12.3. The van der Waals surface area contributed by atoms with Crippen LogP contribution in [0.3, 0.4) is 0 Å². The number of amides is 2. The van der Waals surface area contributed by atoms with Crippen LogP contribution in [0.2, 0.25) is 0 Å². The molecule has 1 saturated carbocycles. The predicted octanol–water partition coefficient (Wildman–Crippen LogP) is 2.41. The van der Waals surface area contributed by atoms with E-state index in [1.54, 1.807) is 24.3 Å².